The van der Waals surface area contributed by atoms with Crippen LogP contribution in [0.25, 0.3) is 10.2 Å². The van der Waals surface area contributed by atoms with Gasteiger partial charge in [0.05, 0.1) is 35.2 Å². The van der Waals surface area contributed by atoms with E-state index in [9.17, 15) is 0 Å². The van der Waals surface area contributed by atoms with E-state index in [0.717, 1.165) is 55.2 Å². The molecule has 2 aromatic heterocycles. The van der Waals surface area contributed by atoms with Gasteiger partial charge in [-0.3, -0.25) is 4.90 Å². The second-order valence-electron chi connectivity index (χ2n) is 8.04. The summed E-state index contributed by atoms with van der Waals surface area (Å²) in [5, 5.41) is 2.03. The lowest BCUT2D eigenvalue weighted by Gasteiger charge is -2.25. The molecule has 0 radical (unpaired) electrons. The largest absolute Gasteiger partial charge is 0.438 e. The fraction of sp³-hybridized carbons (Fsp3) is 0.455. The molecule has 5 nitrogen and oxygen atoms in total. The Kier molecular flexibility index (Phi) is 5.86. The molecule has 0 unspecified atom stereocenters. The third-order valence-electron chi connectivity index (χ3n) is 5.74. The van der Waals surface area contributed by atoms with Crippen LogP contribution in [0.2, 0.25) is 10.0 Å². The smallest absolute Gasteiger partial charge is 0.231 e. The molecule has 0 bridgehead atoms. The van der Waals surface area contributed by atoms with E-state index in [-0.39, 0.29) is 0 Å². The lowest BCUT2D eigenvalue weighted by molar-refractivity contribution is 0.0330. The summed E-state index contributed by atoms with van der Waals surface area (Å²) in [5.41, 5.74) is 1.35. The van der Waals surface area contributed by atoms with Gasteiger partial charge in [0.25, 0.3) is 0 Å². The van der Waals surface area contributed by atoms with Gasteiger partial charge in [-0.2, -0.15) is 4.98 Å². The molecule has 1 aliphatic heterocycles. The number of aryl methyl sites for hydroxylation is 1. The Balaban J connectivity index is 1.56. The first-order valence-electron chi connectivity index (χ1n) is 10.3. The summed E-state index contributed by atoms with van der Waals surface area (Å²) in [7, 11) is 0. The number of fused-ring (bicyclic) bond motifs is 3. The lowest BCUT2D eigenvalue weighted by atomic mass is 9.89. The molecule has 2 aliphatic rings. The van der Waals surface area contributed by atoms with Crippen molar-refractivity contribution in [2.24, 2.45) is 5.92 Å². The van der Waals surface area contributed by atoms with Gasteiger partial charge in [-0.05, 0) is 42.9 Å². The molecule has 0 N–H and O–H groups in total. The second-order valence-corrected chi connectivity index (χ2v) is 9.94. The highest BCUT2D eigenvalue weighted by molar-refractivity contribution is 7.18. The van der Waals surface area contributed by atoms with Crippen LogP contribution in [0.4, 0.5) is 0 Å². The molecule has 1 aliphatic carbocycles. The molecule has 8 heteroatoms. The van der Waals surface area contributed by atoms with Gasteiger partial charge >= 0.3 is 0 Å². The van der Waals surface area contributed by atoms with E-state index in [4.69, 9.17) is 42.6 Å². The molecular weight excluding hydrogens is 441 g/mol. The maximum Gasteiger partial charge on any atom is 0.231 e. The molecule has 5 rings (SSSR count). The number of aromatic nitrogens is 2. The minimum Gasteiger partial charge on any atom is -0.438 e. The van der Waals surface area contributed by atoms with Crippen molar-refractivity contribution in [3.63, 3.8) is 0 Å². The van der Waals surface area contributed by atoms with Gasteiger partial charge in [-0.25, -0.2) is 4.98 Å². The molecule has 1 fully saturated rings. The third kappa shape index (κ3) is 4.16. The number of benzene rings is 1. The zero-order valence-corrected chi connectivity index (χ0v) is 19.1. The van der Waals surface area contributed by atoms with Crippen LogP contribution in [0.1, 0.15) is 29.6 Å². The van der Waals surface area contributed by atoms with Crippen molar-refractivity contribution in [2.45, 2.75) is 32.7 Å². The van der Waals surface area contributed by atoms with Gasteiger partial charge < -0.3 is 9.47 Å². The monoisotopic (exact) mass is 463 g/mol. The minimum absolute atomic E-state index is 0.467. The summed E-state index contributed by atoms with van der Waals surface area (Å²) in [6, 6.07) is 5.31. The zero-order valence-electron chi connectivity index (χ0n) is 16.8. The fourth-order valence-corrected chi connectivity index (χ4v) is 5.79. The average molecular weight is 464 g/mol. The summed E-state index contributed by atoms with van der Waals surface area (Å²) >= 11 is 14.1. The van der Waals surface area contributed by atoms with E-state index in [1.165, 1.54) is 16.9 Å². The number of ether oxygens (including phenoxy) is 2. The maximum absolute atomic E-state index is 6.28. The number of rotatable bonds is 4. The Bertz CT molecular complexity index is 1080. The van der Waals surface area contributed by atoms with Crippen molar-refractivity contribution < 1.29 is 9.47 Å². The Labute approximate surface area is 189 Å². The van der Waals surface area contributed by atoms with E-state index in [2.05, 4.69) is 11.8 Å². The highest BCUT2D eigenvalue weighted by Crippen LogP contribution is 2.42. The fourth-order valence-electron chi connectivity index (χ4n) is 4.11. The maximum atomic E-state index is 6.28. The van der Waals surface area contributed by atoms with Crippen molar-refractivity contribution in [3.05, 3.63) is 44.5 Å². The van der Waals surface area contributed by atoms with Crippen LogP contribution in [-0.2, 0) is 24.1 Å². The number of halogens is 2. The number of hydrogen-bond donors (Lipinski definition) is 0. The van der Waals surface area contributed by atoms with Gasteiger partial charge in [-0.15, -0.1) is 11.3 Å². The van der Waals surface area contributed by atoms with Crippen LogP contribution in [0, 0.1) is 5.92 Å². The molecule has 0 spiro atoms. The third-order valence-corrected chi connectivity index (χ3v) is 7.63. The molecule has 0 amide bonds. The summed E-state index contributed by atoms with van der Waals surface area (Å²) in [6.45, 7) is 6.29. The van der Waals surface area contributed by atoms with E-state index >= 15 is 0 Å². The minimum atomic E-state index is 0.467. The van der Waals surface area contributed by atoms with E-state index in [0.29, 0.717) is 34.1 Å². The predicted molar refractivity (Wildman–Crippen MR) is 121 cm³/mol. The molecule has 1 atom stereocenters. The van der Waals surface area contributed by atoms with E-state index in [1.807, 2.05) is 6.07 Å². The summed E-state index contributed by atoms with van der Waals surface area (Å²) < 4.78 is 11.7. The molecule has 1 saturated heterocycles. The van der Waals surface area contributed by atoms with Crippen LogP contribution in [-0.4, -0.2) is 41.2 Å². The van der Waals surface area contributed by atoms with Crippen molar-refractivity contribution >= 4 is 44.8 Å². The molecular formula is C22H23Cl2N3O2S. The van der Waals surface area contributed by atoms with Gasteiger partial charge in [0.15, 0.2) is 0 Å². The highest BCUT2D eigenvalue weighted by Gasteiger charge is 2.25. The number of hydrogen-bond acceptors (Lipinski definition) is 6. The Morgan fingerprint density at radius 1 is 1.20 bits per heavy atom. The van der Waals surface area contributed by atoms with Crippen LogP contribution in [0.15, 0.2) is 18.2 Å². The SMILES string of the molecule is C[C@H]1CCc2c(sc3nc(CN4CCOCC4)nc(Oc4ccc(Cl)c(Cl)c4)c23)C1. The highest BCUT2D eigenvalue weighted by atomic mass is 35.5. The second kappa shape index (κ2) is 8.60. The van der Waals surface area contributed by atoms with Crippen molar-refractivity contribution in [1.82, 2.24) is 14.9 Å². The Morgan fingerprint density at radius 2 is 2.03 bits per heavy atom. The zero-order chi connectivity index (χ0) is 20.7. The lowest BCUT2D eigenvalue weighted by Crippen LogP contribution is -2.36. The first kappa shape index (κ1) is 20.5. The Hall–Kier alpha value is -1.44. The first-order valence-corrected chi connectivity index (χ1v) is 11.9. The molecule has 158 valence electrons. The predicted octanol–water partition coefficient (Wildman–Crippen LogP) is 5.75. The van der Waals surface area contributed by atoms with Gasteiger partial charge in [-0.1, -0.05) is 30.1 Å². The molecule has 3 heterocycles. The standard InChI is InChI=1S/C22H23Cl2N3O2S/c1-13-2-4-15-18(10-13)30-22-20(15)21(29-14-3-5-16(23)17(24)11-14)25-19(26-22)12-27-6-8-28-9-7-27/h3,5,11,13H,2,4,6-10,12H2,1H3/t13-/m0/s1. The van der Waals surface area contributed by atoms with Gasteiger partial charge in [0, 0.05) is 24.0 Å². The van der Waals surface area contributed by atoms with Crippen molar-refractivity contribution in [3.8, 4) is 11.6 Å². The normalized spacial score (nSPS) is 19.8. The number of thiophene rings is 1. The van der Waals surface area contributed by atoms with Crippen LogP contribution in [0.3, 0.4) is 0 Å². The van der Waals surface area contributed by atoms with E-state index in [1.54, 1.807) is 23.5 Å². The van der Waals surface area contributed by atoms with Crippen LogP contribution in [0.5, 0.6) is 11.6 Å². The summed E-state index contributed by atoms with van der Waals surface area (Å²) in [5.74, 6) is 2.73. The average Bonchev–Trinajstić information content (AvgIpc) is 3.09. The first-order chi connectivity index (χ1) is 14.6. The molecule has 3 aromatic rings. The van der Waals surface area contributed by atoms with E-state index < -0.39 is 0 Å². The molecule has 30 heavy (non-hydrogen) atoms. The number of morpholine rings is 1. The topological polar surface area (TPSA) is 47.5 Å². The quantitative estimate of drug-likeness (QED) is 0.492. The Morgan fingerprint density at radius 3 is 2.83 bits per heavy atom. The van der Waals surface area contributed by atoms with Gasteiger partial charge in [0.1, 0.15) is 16.4 Å². The van der Waals surface area contributed by atoms with Crippen LogP contribution < -0.4 is 4.74 Å². The van der Waals surface area contributed by atoms with Crippen molar-refractivity contribution in [1.29, 1.82) is 0 Å². The molecule has 0 saturated carbocycles. The molecule has 1 aromatic carbocycles. The van der Waals surface area contributed by atoms with Gasteiger partial charge in [0.2, 0.25) is 5.88 Å². The van der Waals surface area contributed by atoms with Crippen molar-refractivity contribution in [2.75, 3.05) is 26.3 Å². The number of nitrogens with zero attached hydrogens (tertiary/aromatic N) is 3. The summed E-state index contributed by atoms with van der Waals surface area (Å²) in [6.07, 6.45) is 3.32. The summed E-state index contributed by atoms with van der Waals surface area (Å²) in [4.78, 5) is 14.5. The van der Waals surface area contributed by atoms with Crippen LogP contribution >= 0.6 is 34.5 Å².